The second kappa shape index (κ2) is 9.94. The summed E-state index contributed by atoms with van der Waals surface area (Å²) in [5.41, 5.74) is 5.55. The van der Waals surface area contributed by atoms with E-state index in [1.165, 1.54) is 73.6 Å². The number of Topliss-reactive ketones (excluding diaryl/α,β-unsaturated/α-hetero) is 1. The van der Waals surface area contributed by atoms with Gasteiger partial charge >= 0.3 is 0 Å². The Morgan fingerprint density at radius 1 is 0.700 bits per heavy atom. The molecule has 2 atom stereocenters. The molecule has 0 aliphatic heterocycles. The van der Waals surface area contributed by atoms with E-state index >= 15 is 0 Å². The van der Waals surface area contributed by atoms with Crippen LogP contribution in [0, 0.1) is 25.7 Å². The molecule has 2 aromatic rings. The first kappa shape index (κ1) is 21.3. The Hall–Kier alpha value is -1.89. The molecule has 2 aromatic carbocycles. The molecule has 0 N–H and O–H groups in total. The standard InChI is InChI=1S/C29H38O/c1-21-11-3-9-17-26(21)28(23-13-5-6-14-23)19-25(30)20-29(24-15-7-8-16-24)27-18-10-4-12-22(27)2/h3-4,9-12,17-18,23-24,28-29H,5-8,13-16,19-20H2,1-2H3/t28-,29-/m1/s1. The number of rotatable bonds is 8. The summed E-state index contributed by atoms with van der Waals surface area (Å²) in [6.45, 7) is 4.44. The molecule has 0 spiro atoms. The van der Waals surface area contributed by atoms with Gasteiger partial charge in [-0.05, 0) is 85.5 Å². The number of carbonyl (C=O) groups is 1. The zero-order valence-corrected chi connectivity index (χ0v) is 18.9. The van der Waals surface area contributed by atoms with E-state index in [0.717, 1.165) is 12.8 Å². The maximum atomic E-state index is 13.5. The van der Waals surface area contributed by atoms with Gasteiger partial charge in [-0.3, -0.25) is 4.79 Å². The minimum Gasteiger partial charge on any atom is -0.300 e. The lowest BCUT2D eigenvalue weighted by atomic mass is 9.75. The molecule has 4 rings (SSSR count). The molecule has 0 aromatic heterocycles. The minimum atomic E-state index is 0.405. The first-order valence-corrected chi connectivity index (χ1v) is 12.3. The van der Waals surface area contributed by atoms with Crippen molar-refractivity contribution >= 4 is 5.78 Å². The maximum absolute atomic E-state index is 13.5. The van der Waals surface area contributed by atoms with Crippen molar-refractivity contribution in [3.8, 4) is 0 Å². The monoisotopic (exact) mass is 402 g/mol. The van der Waals surface area contributed by atoms with Crippen LogP contribution in [0.1, 0.15) is 98.3 Å². The van der Waals surface area contributed by atoms with Gasteiger partial charge < -0.3 is 0 Å². The Morgan fingerprint density at radius 2 is 1.07 bits per heavy atom. The molecule has 1 nitrogen and oxygen atoms in total. The van der Waals surface area contributed by atoms with Crippen molar-refractivity contribution < 1.29 is 4.79 Å². The summed E-state index contributed by atoms with van der Waals surface area (Å²) < 4.78 is 0. The molecule has 2 aliphatic rings. The second-order valence-electron chi connectivity index (χ2n) is 9.96. The Morgan fingerprint density at radius 3 is 1.43 bits per heavy atom. The van der Waals surface area contributed by atoms with Crippen LogP contribution in [0.4, 0.5) is 0 Å². The molecule has 2 fully saturated rings. The molecule has 0 amide bonds. The lowest BCUT2D eigenvalue weighted by molar-refractivity contribution is -0.120. The summed E-state index contributed by atoms with van der Waals surface area (Å²) in [6, 6.07) is 17.6. The van der Waals surface area contributed by atoms with Gasteiger partial charge in [0.05, 0.1) is 0 Å². The van der Waals surface area contributed by atoms with Crippen molar-refractivity contribution in [3.63, 3.8) is 0 Å². The highest BCUT2D eigenvalue weighted by atomic mass is 16.1. The van der Waals surface area contributed by atoms with E-state index in [-0.39, 0.29) is 0 Å². The van der Waals surface area contributed by atoms with Gasteiger partial charge in [-0.15, -0.1) is 0 Å². The minimum absolute atomic E-state index is 0.405. The van der Waals surface area contributed by atoms with Crippen LogP contribution in [-0.2, 0) is 4.79 Å². The Balaban J connectivity index is 1.55. The normalized spacial score (nSPS) is 19.8. The van der Waals surface area contributed by atoms with E-state index in [1.54, 1.807) is 0 Å². The van der Waals surface area contributed by atoms with Gasteiger partial charge in [-0.25, -0.2) is 0 Å². The van der Waals surface area contributed by atoms with Gasteiger partial charge in [0.1, 0.15) is 5.78 Å². The fourth-order valence-electron chi connectivity index (χ4n) is 6.36. The average molecular weight is 403 g/mol. The Bertz CT molecular complexity index is 769. The smallest absolute Gasteiger partial charge is 0.134 e. The largest absolute Gasteiger partial charge is 0.300 e. The van der Waals surface area contributed by atoms with Gasteiger partial charge in [0.25, 0.3) is 0 Å². The van der Waals surface area contributed by atoms with Crippen LogP contribution >= 0.6 is 0 Å². The third-order valence-electron chi connectivity index (χ3n) is 8.01. The molecular formula is C29H38O. The summed E-state index contributed by atoms with van der Waals surface area (Å²) in [6.07, 6.45) is 11.9. The van der Waals surface area contributed by atoms with Gasteiger partial charge in [-0.1, -0.05) is 74.2 Å². The molecule has 0 saturated heterocycles. The van der Waals surface area contributed by atoms with Gasteiger partial charge in [0, 0.05) is 12.8 Å². The maximum Gasteiger partial charge on any atom is 0.134 e. The highest BCUT2D eigenvalue weighted by molar-refractivity contribution is 5.80. The summed E-state index contributed by atoms with van der Waals surface area (Å²) in [5.74, 6) is 2.65. The van der Waals surface area contributed by atoms with Crippen LogP contribution in [0.25, 0.3) is 0 Å². The number of aryl methyl sites for hydroxylation is 2. The SMILES string of the molecule is Cc1ccccc1[C@H](CC(=O)C[C@@H](c1ccccc1C)C1CCCC1)C1CCCC1. The topological polar surface area (TPSA) is 17.1 Å². The number of hydrogen-bond donors (Lipinski definition) is 0. The van der Waals surface area contributed by atoms with Crippen LogP contribution in [0.2, 0.25) is 0 Å². The quantitative estimate of drug-likeness (QED) is 0.438. The van der Waals surface area contributed by atoms with E-state index < -0.39 is 0 Å². The van der Waals surface area contributed by atoms with Crippen LogP contribution in [0.5, 0.6) is 0 Å². The number of ketones is 1. The number of hydrogen-bond acceptors (Lipinski definition) is 1. The van der Waals surface area contributed by atoms with Gasteiger partial charge in [-0.2, -0.15) is 0 Å². The van der Waals surface area contributed by atoms with Gasteiger partial charge in [0.15, 0.2) is 0 Å². The van der Waals surface area contributed by atoms with E-state index in [1.807, 2.05) is 0 Å². The summed E-state index contributed by atoms with van der Waals surface area (Å²) in [5, 5.41) is 0. The highest BCUT2D eigenvalue weighted by Crippen LogP contribution is 2.44. The first-order chi connectivity index (χ1) is 14.6. The average Bonchev–Trinajstić information content (AvgIpc) is 3.46. The van der Waals surface area contributed by atoms with Crippen LogP contribution in [-0.4, -0.2) is 5.78 Å². The molecule has 0 unspecified atom stereocenters. The van der Waals surface area contributed by atoms with Crippen molar-refractivity contribution in [3.05, 3.63) is 70.8 Å². The molecule has 0 heterocycles. The zero-order chi connectivity index (χ0) is 20.9. The van der Waals surface area contributed by atoms with E-state index in [4.69, 9.17) is 0 Å². The van der Waals surface area contributed by atoms with Crippen LogP contribution < -0.4 is 0 Å². The summed E-state index contributed by atoms with van der Waals surface area (Å²) in [7, 11) is 0. The third kappa shape index (κ3) is 4.88. The van der Waals surface area contributed by atoms with Crippen molar-refractivity contribution in [1.82, 2.24) is 0 Å². The Labute approximate surface area is 183 Å². The predicted octanol–water partition coefficient (Wildman–Crippen LogP) is 7.90. The molecular weight excluding hydrogens is 364 g/mol. The van der Waals surface area contributed by atoms with Crippen molar-refractivity contribution in [2.24, 2.45) is 11.8 Å². The summed E-state index contributed by atoms with van der Waals surface area (Å²) >= 11 is 0. The van der Waals surface area contributed by atoms with Crippen LogP contribution in [0.3, 0.4) is 0 Å². The Kier molecular flexibility index (Phi) is 7.08. The highest BCUT2D eigenvalue weighted by Gasteiger charge is 2.32. The molecule has 2 aliphatic carbocycles. The lowest BCUT2D eigenvalue weighted by Crippen LogP contribution is -2.20. The van der Waals surface area contributed by atoms with Gasteiger partial charge in [0.2, 0.25) is 0 Å². The molecule has 2 saturated carbocycles. The molecule has 0 radical (unpaired) electrons. The number of benzene rings is 2. The fourth-order valence-corrected chi connectivity index (χ4v) is 6.36. The van der Waals surface area contributed by atoms with Crippen molar-refractivity contribution in [2.75, 3.05) is 0 Å². The molecule has 1 heteroatoms. The third-order valence-corrected chi connectivity index (χ3v) is 8.01. The van der Waals surface area contributed by atoms with Crippen molar-refractivity contribution in [2.45, 2.75) is 89.9 Å². The van der Waals surface area contributed by atoms with E-state index in [2.05, 4.69) is 62.4 Å². The predicted molar refractivity (Wildman–Crippen MR) is 126 cm³/mol. The number of carbonyl (C=O) groups excluding carboxylic acids is 1. The molecule has 30 heavy (non-hydrogen) atoms. The van der Waals surface area contributed by atoms with Crippen molar-refractivity contribution in [1.29, 1.82) is 0 Å². The van der Waals surface area contributed by atoms with Crippen LogP contribution in [0.15, 0.2) is 48.5 Å². The molecule has 0 bridgehead atoms. The lowest BCUT2D eigenvalue weighted by Gasteiger charge is -2.28. The molecule has 160 valence electrons. The van der Waals surface area contributed by atoms with E-state index in [9.17, 15) is 4.79 Å². The second-order valence-corrected chi connectivity index (χ2v) is 9.96. The summed E-state index contributed by atoms with van der Waals surface area (Å²) in [4.78, 5) is 13.5. The van der Waals surface area contributed by atoms with E-state index in [0.29, 0.717) is 29.5 Å². The fraction of sp³-hybridized carbons (Fsp3) is 0.552. The zero-order valence-electron chi connectivity index (χ0n) is 18.9. The first-order valence-electron chi connectivity index (χ1n) is 12.3.